The molecule has 0 spiro atoms. The second-order valence-electron chi connectivity index (χ2n) is 20.5. The number of amides is 3. The summed E-state index contributed by atoms with van der Waals surface area (Å²) in [7, 11) is 0. The number of piperazine rings is 1. The molecule has 1 aromatic carbocycles. The molecule has 5 N–H and O–H groups in total. The topological polar surface area (TPSA) is 274 Å². The zero-order chi connectivity index (χ0) is 50.4. The van der Waals surface area contributed by atoms with Gasteiger partial charge >= 0.3 is 45.1 Å². The molecule has 0 unspecified atom stereocenters. The minimum absolute atomic E-state index is 0. The van der Waals surface area contributed by atoms with Crippen LogP contribution < -0.4 is 10.3 Å². The number of carbonyl (C=O) groups excluding carboxylic acids is 4. The van der Waals surface area contributed by atoms with Gasteiger partial charge in [0.05, 0.1) is 29.0 Å². The third-order valence-corrected chi connectivity index (χ3v) is 15.2. The van der Waals surface area contributed by atoms with Crippen LogP contribution in [0.2, 0.25) is 0 Å². The number of aromatic nitrogens is 2. The second kappa shape index (κ2) is 20.9. The fourth-order valence-electron chi connectivity index (χ4n) is 10.3. The maximum absolute atomic E-state index is 13.8. The van der Waals surface area contributed by atoms with Crippen molar-refractivity contribution in [1.29, 1.82) is 0 Å². The van der Waals surface area contributed by atoms with Gasteiger partial charge in [0.15, 0.2) is 11.0 Å². The molecule has 0 bridgehead atoms. The van der Waals surface area contributed by atoms with E-state index in [2.05, 4.69) is 0 Å². The van der Waals surface area contributed by atoms with E-state index in [0.29, 0.717) is 41.9 Å². The molecule has 1 aliphatic carbocycles. The largest absolute Gasteiger partial charge is 2.00 e. The number of aliphatic carboxylic acids is 2. The number of hydrogen-bond acceptors (Lipinski definition) is 11. The van der Waals surface area contributed by atoms with Crippen molar-refractivity contribution in [1.82, 2.24) is 24.3 Å². The summed E-state index contributed by atoms with van der Waals surface area (Å²) >= 11 is 0. The molecule has 2 aromatic heterocycles. The number of nitrogens with one attached hydrogen (secondary N) is 2. The molecule has 5 aliphatic rings. The number of rotatable bonds is 10. The number of carboxylic acid groups (broad SMARTS) is 2. The normalized spacial score (nSPS) is 21.8. The van der Waals surface area contributed by atoms with Crippen LogP contribution in [0.25, 0.3) is 33.8 Å². The van der Waals surface area contributed by atoms with E-state index in [1.807, 2.05) is 20.8 Å². The number of cyclic esters (lactones) is 1. The quantitative estimate of drug-likeness (QED) is 0.116. The molecule has 2 saturated heterocycles. The van der Waals surface area contributed by atoms with Crippen molar-refractivity contribution in [2.24, 2.45) is 16.2 Å². The average molecular weight is 1150 g/mol. The van der Waals surface area contributed by atoms with E-state index >= 15 is 0 Å². The summed E-state index contributed by atoms with van der Waals surface area (Å²) in [6.07, 6.45) is 4.71. The number of fused-ring (bicyclic) bond motifs is 5. The number of nitrogens with zero attached hydrogens (tertiary/aromatic N) is 5. The number of aryl methyl sites for hydroxylation is 1. The number of esters is 1. The summed E-state index contributed by atoms with van der Waals surface area (Å²) in [5.74, 6) is -3.61. The zero-order valence-electron chi connectivity index (χ0n) is 40.8. The Hall–Kier alpha value is -5.23. The van der Waals surface area contributed by atoms with Crippen molar-refractivity contribution in [3.63, 3.8) is 0 Å². The number of hydrogen-bond donors (Lipinski definition) is 3. The van der Waals surface area contributed by atoms with Crippen LogP contribution in [-0.2, 0) is 74.9 Å². The number of aliphatic hydroxyl groups is 1. The Kier molecular flexibility index (Phi) is 16.1. The van der Waals surface area contributed by atoms with Gasteiger partial charge in [0.25, 0.3) is 5.56 Å². The number of benzene rings is 1. The van der Waals surface area contributed by atoms with E-state index in [1.54, 1.807) is 59.4 Å². The van der Waals surface area contributed by atoms with Gasteiger partial charge in [-0.15, -0.1) is 0 Å². The van der Waals surface area contributed by atoms with Crippen molar-refractivity contribution in [3.05, 3.63) is 68.3 Å². The minimum atomic E-state index is -1.93. The number of carbonyl (C=O) groups is 6. The summed E-state index contributed by atoms with van der Waals surface area (Å²) in [5.41, 5.74) is 12.6. The molecular weight excluding hydrogens is 1090 g/mol. The van der Waals surface area contributed by atoms with Crippen molar-refractivity contribution in [3.8, 4) is 17.1 Å². The van der Waals surface area contributed by atoms with E-state index in [-0.39, 0.29) is 133 Å². The summed E-state index contributed by atoms with van der Waals surface area (Å²) in [6.45, 7) is 12.0. The van der Waals surface area contributed by atoms with Crippen LogP contribution in [0.5, 0.6) is 5.75 Å². The fourth-order valence-corrected chi connectivity index (χ4v) is 10.3. The van der Waals surface area contributed by atoms with Crippen molar-refractivity contribution in [2.75, 3.05) is 39.3 Å². The van der Waals surface area contributed by atoms with Crippen LogP contribution in [-0.4, -0.2) is 127 Å². The zero-order valence-corrected chi connectivity index (χ0v) is 43.0. The number of carboxylic acids is 2. The summed E-state index contributed by atoms with van der Waals surface area (Å²) in [5, 5.41) is 31.1. The molecule has 20 heteroatoms. The monoisotopic (exact) mass is 1150 g/mol. The Bertz CT molecular complexity index is 2590. The van der Waals surface area contributed by atoms with Gasteiger partial charge in [0.2, 0.25) is 11.8 Å². The molecule has 70 heavy (non-hydrogen) atoms. The standard InChI is InChI=1S/C44H53N5O12.C6H12N2.Pt/c1-7-26-27-21-25(9-10-31(27)45-33-28(26)23-49-32(33)22-30-29(34(49)50)24-60-39(57)44(30,59)8-2)61-40(58)48-19-17-47(18-20-48)36(52)42(5,6)12-11-41(3,4)35(51)46-15-13-43(14-16-46,37(53)54)38(55)56;7-5-3-1-2-4-6(5)8;/h9-10,21-22,59H,7-8,11-20,23-24H2,1-6H3,(H,53,54)(H,55,56);5-8H,1-4H2;/q;-2;+2/t44-;5-,6-;/m01./s1. The Balaban J connectivity index is 0.000000811. The first kappa shape index (κ1) is 54.1. The minimum Gasteiger partial charge on any atom is -0.676 e. The molecule has 3 fully saturated rings. The van der Waals surface area contributed by atoms with Gasteiger partial charge in [-0.05, 0) is 68.4 Å². The Morgan fingerprint density at radius 1 is 0.814 bits per heavy atom. The molecule has 4 aliphatic heterocycles. The van der Waals surface area contributed by atoms with Crippen LogP contribution in [0, 0.1) is 16.2 Å². The first-order valence-corrected chi connectivity index (χ1v) is 24.1. The van der Waals surface area contributed by atoms with Crippen molar-refractivity contribution < 1.29 is 74.6 Å². The van der Waals surface area contributed by atoms with Crippen LogP contribution in [0.1, 0.15) is 122 Å². The number of ether oxygens (including phenoxy) is 2. The Morgan fingerprint density at radius 2 is 1.36 bits per heavy atom. The van der Waals surface area contributed by atoms with Gasteiger partial charge < -0.3 is 55.5 Å². The smallest absolute Gasteiger partial charge is 0.676 e. The van der Waals surface area contributed by atoms with Gasteiger partial charge in [0, 0.05) is 66.6 Å². The fraction of sp³-hybridized carbons (Fsp3) is 0.600. The number of piperidine rings is 1. The van der Waals surface area contributed by atoms with E-state index in [1.165, 1.54) is 17.7 Å². The van der Waals surface area contributed by atoms with Gasteiger partial charge in [-0.25, -0.2) is 14.6 Å². The average Bonchev–Trinajstić information content (AvgIpc) is 3.70. The molecule has 3 aromatic rings. The molecule has 3 atom stereocenters. The molecule has 382 valence electrons. The summed E-state index contributed by atoms with van der Waals surface area (Å²) in [4.78, 5) is 100. The van der Waals surface area contributed by atoms with Crippen LogP contribution in [0.4, 0.5) is 4.79 Å². The first-order valence-electron chi connectivity index (χ1n) is 24.1. The summed E-state index contributed by atoms with van der Waals surface area (Å²) < 4.78 is 12.6. The Labute approximate surface area is 421 Å². The molecular formula is C50H65N7O12Pt. The predicted octanol–water partition coefficient (Wildman–Crippen LogP) is 6.30. The molecule has 6 heterocycles. The summed E-state index contributed by atoms with van der Waals surface area (Å²) in [6, 6.07) is 6.68. The predicted molar refractivity (Wildman–Crippen MR) is 253 cm³/mol. The third-order valence-electron chi connectivity index (χ3n) is 15.2. The van der Waals surface area contributed by atoms with Gasteiger partial charge in [-0.1, -0.05) is 67.2 Å². The molecule has 3 amide bonds. The van der Waals surface area contributed by atoms with Crippen LogP contribution in [0.3, 0.4) is 0 Å². The third kappa shape index (κ3) is 10.1. The first-order chi connectivity index (χ1) is 32.5. The maximum atomic E-state index is 13.8. The van der Waals surface area contributed by atoms with E-state index in [9.17, 15) is 48.9 Å². The van der Waals surface area contributed by atoms with Crippen LogP contribution >= 0.6 is 0 Å². The van der Waals surface area contributed by atoms with E-state index < -0.39 is 45.8 Å². The van der Waals surface area contributed by atoms with Gasteiger partial charge in [-0.2, -0.15) is 12.1 Å². The van der Waals surface area contributed by atoms with E-state index in [0.717, 1.165) is 29.4 Å². The molecule has 8 rings (SSSR count). The van der Waals surface area contributed by atoms with Crippen molar-refractivity contribution in [2.45, 2.75) is 137 Å². The number of pyridine rings is 2. The number of likely N-dealkylation sites (tertiary alicyclic amines) is 1. The second-order valence-corrected chi connectivity index (χ2v) is 20.5. The maximum Gasteiger partial charge on any atom is 2.00 e. The van der Waals surface area contributed by atoms with Crippen LogP contribution in [0.15, 0.2) is 29.1 Å². The van der Waals surface area contributed by atoms with Gasteiger partial charge in [-0.3, -0.25) is 24.0 Å². The van der Waals surface area contributed by atoms with Gasteiger partial charge in [0.1, 0.15) is 12.4 Å². The SMILES string of the molecule is CCc1c2c(nc3ccc(OC(=O)N4CCN(C(=O)C(C)(C)CCC(C)(C)C(=O)N5CCC(C(=O)O)(C(=O)O)CC5)CC4)cc13)-c1cc3c(c(=O)n1C2)COC(=O)[C@]3(O)CC.[NH-][C@@H]1CCCC[C@H]1[NH-].[Pt+2]. The van der Waals surface area contributed by atoms with Crippen molar-refractivity contribution >= 4 is 46.7 Å². The molecule has 1 saturated carbocycles. The molecule has 19 nitrogen and oxygen atoms in total. The molecule has 0 radical (unpaired) electrons. The Morgan fingerprint density at radius 3 is 1.87 bits per heavy atom. The van der Waals surface area contributed by atoms with E-state index in [4.69, 9.17) is 25.9 Å².